The fourth-order valence-electron chi connectivity index (χ4n) is 3.96. The van der Waals surface area contributed by atoms with Gasteiger partial charge in [0.1, 0.15) is 11.7 Å². The molecule has 0 radical (unpaired) electrons. The van der Waals surface area contributed by atoms with Gasteiger partial charge in [-0.2, -0.15) is 15.0 Å². The van der Waals surface area contributed by atoms with Gasteiger partial charge in [0.05, 0.1) is 36.8 Å². The molecule has 1 aliphatic carbocycles. The van der Waals surface area contributed by atoms with Gasteiger partial charge in [-0.25, -0.2) is 22.5 Å². The number of carboxylic acid groups (broad SMARTS) is 1. The number of nitrogens with two attached hydrogens (primary N) is 2. The van der Waals surface area contributed by atoms with Crippen molar-refractivity contribution in [2.75, 3.05) is 25.1 Å². The predicted octanol–water partition coefficient (Wildman–Crippen LogP) is -1.99. The standard InChI is InChI=1S/C21H30N10O7S2/c1-11(24-7-3-6-22)12-8-25-30(28-12)9-14-16(18(33)31(14)40(2,36)37)27-17(32)15(13-10-39-20(23)26-13)29-38-21(4-5-21)19(34)35/h8,10-11,14,16,24H,3-7,9,22H2,1-2H3,(H2,23,26)(H,27,32)(H,34,35)/b29-15-. The molecule has 19 heteroatoms. The molecule has 2 aromatic rings. The number of nitrogens with zero attached hydrogens (tertiary/aromatic N) is 6. The molecule has 3 heterocycles. The third-order valence-electron chi connectivity index (χ3n) is 6.38. The van der Waals surface area contributed by atoms with Crippen molar-refractivity contribution in [1.29, 1.82) is 0 Å². The van der Waals surface area contributed by atoms with Crippen LogP contribution in [0.5, 0.6) is 0 Å². The van der Waals surface area contributed by atoms with Crippen LogP contribution in [0.15, 0.2) is 16.7 Å². The summed E-state index contributed by atoms with van der Waals surface area (Å²) in [5, 5.41) is 28.9. The highest BCUT2D eigenvalue weighted by atomic mass is 32.2. The molecule has 1 aliphatic heterocycles. The number of thiazole rings is 1. The van der Waals surface area contributed by atoms with Gasteiger partial charge >= 0.3 is 5.97 Å². The lowest BCUT2D eigenvalue weighted by atomic mass is 9.98. The van der Waals surface area contributed by atoms with Gasteiger partial charge in [-0.05, 0) is 26.4 Å². The third kappa shape index (κ3) is 6.21. The first-order chi connectivity index (χ1) is 18.9. The van der Waals surface area contributed by atoms with Crippen LogP contribution in [0.1, 0.15) is 43.6 Å². The molecule has 2 aliphatic rings. The molecular weight excluding hydrogens is 568 g/mol. The van der Waals surface area contributed by atoms with Crippen LogP contribution in [-0.2, 0) is 35.8 Å². The molecule has 1 saturated heterocycles. The quantitative estimate of drug-likeness (QED) is 0.0684. The molecule has 2 amide bonds. The van der Waals surface area contributed by atoms with Crippen LogP contribution < -0.4 is 22.1 Å². The first-order valence-electron chi connectivity index (χ1n) is 12.2. The minimum Gasteiger partial charge on any atom is -0.478 e. The lowest BCUT2D eigenvalue weighted by Gasteiger charge is -2.44. The highest BCUT2D eigenvalue weighted by Gasteiger charge is 2.55. The number of anilines is 1. The van der Waals surface area contributed by atoms with Crippen molar-refractivity contribution in [3.05, 3.63) is 23.0 Å². The van der Waals surface area contributed by atoms with Crippen molar-refractivity contribution in [3.8, 4) is 0 Å². The molecule has 2 fully saturated rings. The summed E-state index contributed by atoms with van der Waals surface area (Å²) in [6, 6.07) is -2.49. The maximum Gasteiger partial charge on any atom is 0.350 e. The second kappa shape index (κ2) is 11.4. The molecule has 3 unspecified atom stereocenters. The van der Waals surface area contributed by atoms with Crippen LogP contribution in [0.4, 0.5) is 5.13 Å². The fourth-order valence-corrected chi connectivity index (χ4v) is 5.62. The Morgan fingerprint density at radius 1 is 1.40 bits per heavy atom. The van der Waals surface area contributed by atoms with Crippen molar-refractivity contribution in [2.45, 2.75) is 56.5 Å². The highest BCUT2D eigenvalue weighted by Crippen LogP contribution is 2.40. The number of β-lactam (4-membered cyclic amide) rings is 1. The smallest absolute Gasteiger partial charge is 0.350 e. The summed E-state index contributed by atoms with van der Waals surface area (Å²) in [5.74, 6) is -3.04. The molecule has 0 bridgehead atoms. The van der Waals surface area contributed by atoms with E-state index in [-0.39, 0.29) is 36.3 Å². The minimum atomic E-state index is -3.99. The molecule has 2 aromatic heterocycles. The Hall–Kier alpha value is -3.68. The molecule has 7 N–H and O–H groups in total. The van der Waals surface area contributed by atoms with Gasteiger partial charge < -0.3 is 32.0 Å². The van der Waals surface area contributed by atoms with Gasteiger partial charge in [0, 0.05) is 18.2 Å². The van der Waals surface area contributed by atoms with E-state index in [4.69, 9.17) is 16.3 Å². The van der Waals surface area contributed by atoms with E-state index in [0.29, 0.717) is 23.1 Å². The van der Waals surface area contributed by atoms with Gasteiger partial charge in [0.25, 0.3) is 11.8 Å². The van der Waals surface area contributed by atoms with E-state index >= 15 is 0 Å². The van der Waals surface area contributed by atoms with E-state index in [9.17, 15) is 27.9 Å². The molecule has 1 saturated carbocycles. The molecular formula is C21H30N10O7S2. The lowest BCUT2D eigenvalue weighted by molar-refractivity contribution is -0.153. The van der Waals surface area contributed by atoms with Crippen LogP contribution in [-0.4, -0.2) is 98.3 Å². The number of carbonyl (C=O) groups excluding carboxylic acids is 2. The number of carbonyl (C=O) groups is 3. The average Bonchev–Trinajstić information content (AvgIpc) is 3.32. The Balaban J connectivity index is 1.53. The first-order valence-corrected chi connectivity index (χ1v) is 15.0. The number of amides is 2. The van der Waals surface area contributed by atoms with Crippen LogP contribution in [0.25, 0.3) is 0 Å². The topological polar surface area (TPSA) is 250 Å². The summed E-state index contributed by atoms with van der Waals surface area (Å²) in [7, 11) is -3.99. The van der Waals surface area contributed by atoms with E-state index in [2.05, 4.69) is 31.0 Å². The molecule has 40 heavy (non-hydrogen) atoms. The zero-order chi connectivity index (χ0) is 29.2. The first kappa shape index (κ1) is 29.3. The number of hydrogen-bond donors (Lipinski definition) is 5. The van der Waals surface area contributed by atoms with E-state index in [1.165, 1.54) is 16.4 Å². The number of carboxylic acids is 1. The van der Waals surface area contributed by atoms with E-state index in [0.717, 1.165) is 24.0 Å². The van der Waals surface area contributed by atoms with Gasteiger partial charge in [-0.15, -0.1) is 11.3 Å². The Kier molecular flexibility index (Phi) is 8.38. The van der Waals surface area contributed by atoms with Crippen molar-refractivity contribution in [1.82, 2.24) is 34.9 Å². The summed E-state index contributed by atoms with van der Waals surface area (Å²) < 4.78 is 25.4. The number of aliphatic carboxylic acids is 1. The second-order valence-electron chi connectivity index (χ2n) is 9.46. The molecule has 4 rings (SSSR count). The van der Waals surface area contributed by atoms with Crippen LogP contribution in [0.3, 0.4) is 0 Å². The summed E-state index contributed by atoms with van der Waals surface area (Å²) in [4.78, 5) is 48.0. The maximum atomic E-state index is 13.3. The number of nitrogens with one attached hydrogen (secondary N) is 2. The van der Waals surface area contributed by atoms with E-state index < -0.39 is 51.2 Å². The van der Waals surface area contributed by atoms with Gasteiger partial charge in [-0.1, -0.05) is 5.16 Å². The van der Waals surface area contributed by atoms with Crippen molar-refractivity contribution < 1.29 is 32.7 Å². The fraction of sp³-hybridized carbons (Fsp3) is 0.571. The van der Waals surface area contributed by atoms with Crippen LogP contribution in [0.2, 0.25) is 0 Å². The molecule has 218 valence electrons. The number of hydrogen-bond acceptors (Lipinski definition) is 14. The summed E-state index contributed by atoms with van der Waals surface area (Å²) in [6.07, 6.45) is 3.57. The van der Waals surface area contributed by atoms with Crippen molar-refractivity contribution in [3.63, 3.8) is 0 Å². The number of nitrogen functional groups attached to an aromatic ring is 1. The van der Waals surface area contributed by atoms with Crippen molar-refractivity contribution in [2.24, 2.45) is 10.9 Å². The number of aromatic nitrogens is 4. The van der Waals surface area contributed by atoms with Gasteiger partial charge in [0.2, 0.25) is 15.6 Å². The molecule has 17 nitrogen and oxygen atoms in total. The predicted molar refractivity (Wildman–Crippen MR) is 141 cm³/mol. The van der Waals surface area contributed by atoms with Crippen molar-refractivity contribution >= 4 is 50.0 Å². The normalized spacial score (nSPS) is 21.0. The third-order valence-corrected chi connectivity index (χ3v) is 8.22. The van der Waals surface area contributed by atoms with Gasteiger partial charge in [0.15, 0.2) is 10.8 Å². The SMILES string of the molecule is CC(NCCCN)c1cnn(CC2C(NC(=O)/C(=N\OC3(C(=O)O)CC3)c3csc(N)n3)C(=O)N2S(C)(=O)=O)n1. The summed E-state index contributed by atoms with van der Waals surface area (Å²) >= 11 is 1.01. The minimum absolute atomic E-state index is 0.000937. The Labute approximate surface area is 233 Å². The Bertz CT molecular complexity index is 1420. The Morgan fingerprint density at radius 3 is 2.70 bits per heavy atom. The maximum absolute atomic E-state index is 13.3. The summed E-state index contributed by atoms with van der Waals surface area (Å²) in [5.41, 5.74) is 9.83. The van der Waals surface area contributed by atoms with E-state index in [1.807, 2.05) is 6.92 Å². The Morgan fingerprint density at radius 2 is 2.12 bits per heavy atom. The van der Waals surface area contributed by atoms with Crippen LogP contribution in [0, 0.1) is 0 Å². The average molecular weight is 599 g/mol. The lowest BCUT2D eigenvalue weighted by Crippen LogP contribution is -2.73. The molecule has 3 atom stereocenters. The zero-order valence-corrected chi connectivity index (χ0v) is 23.3. The zero-order valence-electron chi connectivity index (χ0n) is 21.7. The summed E-state index contributed by atoms with van der Waals surface area (Å²) in [6.45, 7) is 2.94. The highest BCUT2D eigenvalue weighted by molar-refractivity contribution is 7.89. The monoisotopic (exact) mass is 598 g/mol. The van der Waals surface area contributed by atoms with E-state index in [1.54, 1.807) is 0 Å². The number of sulfonamides is 1. The second-order valence-corrected chi connectivity index (χ2v) is 12.2. The van der Waals surface area contributed by atoms with Crippen LogP contribution >= 0.6 is 11.3 Å². The molecule has 0 spiro atoms. The molecule has 0 aromatic carbocycles. The number of oxime groups is 1. The number of rotatable bonds is 14. The van der Waals surface area contributed by atoms with Gasteiger partial charge in [-0.3, -0.25) is 9.59 Å². The largest absolute Gasteiger partial charge is 0.478 e.